The van der Waals surface area contributed by atoms with Gasteiger partial charge in [0, 0.05) is 17.5 Å². The number of hydrogen-bond donors (Lipinski definition) is 1. The van der Waals surface area contributed by atoms with Crippen molar-refractivity contribution < 1.29 is 9.47 Å². The first-order chi connectivity index (χ1) is 10.1. The monoisotopic (exact) mass is 308 g/mol. The highest BCUT2D eigenvalue weighted by atomic mass is 32.2. The van der Waals surface area contributed by atoms with E-state index in [0.717, 1.165) is 34.5 Å². The number of amidine groups is 1. The Morgan fingerprint density at radius 1 is 1.19 bits per heavy atom. The Kier molecular flexibility index (Phi) is 5.39. The van der Waals surface area contributed by atoms with Gasteiger partial charge in [0.2, 0.25) is 0 Å². The highest BCUT2D eigenvalue weighted by Crippen LogP contribution is 2.34. The van der Waals surface area contributed by atoms with Crippen molar-refractivity contribution in [2.75, 3.05) is 24.3 Å². The number of nitrogens with zero attached hydrogens (tertiary/aromatic N) is 1. The van der Waals surface area contributed by atoms with E-state index in [4.69, 9.17) is 14.5 Å². The fraction of sp³-hybridized carbons (Fsp3) is 0.562. The lowest BCUT2D eigenvalue weighted by Gasteiger charge is -2.15. The van der Waals surface area contributed by atoms with Gasteiger partial charge in [-0.05, 0) is 39.3 Å². The normalized spacial score (nSPS) is 21.0. The van der Waals surface area contributed by atoms with E-state index in [1.807, 2.05) is 32.0 Å². The van der Waals surface area contributed by atoms with Gasteiger partial charge < -0.3 is 14.8 Å². The average Bonchev–Trinajstić information content (AvgIpc) is 2.84. The number of rotatable bonds is 6. The number of benzene rings is 1. The van der Waals surface area contributed by atoms with Crippen molar-refractivity contribution in [1.82, 2.24) is 0 Å². The standard InChI is InChI=1S/C16H24N2O2S/c1-5-16(4)11-21-15(18-16)17-12-8-9-13(19-6-2)14(10-12)20-7-3/h8-10H,5-7,11H2,1-4H3,(H,17,18). The van der Waals surface area contributed by atoms with E-state index in [9.17, 15) is 0 Å². The van der Waals surface area contributed by atoms with Gasteiger partial charge in [0.15, 0.2) is 16.7 Å². The lowest BCUT2D eigenvalue weighted by Crippen LogP contribution is -2.20. The van der Waals surface area contributed by atoms with Gasteiger partial charge in [-0.3, -0.25) is 4.99 Å². The summed E-state index contributed by atoms with van der Waals surface area (Å²) in [7, 11) is 0. The molecule has 5 heteroatoms. The second-order valence-electron chi connectivity index (χ2n) is 5.21. The number of hydrogen-bond acceptors (Lipinski definition) is 5. The van der Waals surface area contributed by atoms with Crippen LogP contribution in [0, 0.1) is 0 Å². The molecule has 0 saturated heterocycles. The predicted octanol–water partition coefficient (Wildman–Crippen LogP) is 4.17. The Balaban J connectivity index is 2.14. The van der Waals surface area contributed by atoms with E-state index >= 15 is 0 Å². The quantitative estimate of drug-likeness (QED) is 0.856. The summed E-state index contributed by atoms with van der Waals surface area (Å²) >= 11 is 1.77. The molecule has 1 aromatic carbocycles. The number of ether oxygens (including phenoxy) is 2. The second kappa shape index (κ2) is 7.07. The van der Waals surface area contributed by atoms with Crippen molar-refractivity contribution in [1.29, 1.82) is 0 Å². The van der Waals surface area contributed by atoms with Crippen LogP contribution >= 0.6 is 11.8 Å². The summed E-state index contributed by atoms with van der Waals surface area (Å²) in [5.41, 5.74) is 1.04. The third-order valence-corrected chi connectivity index (χ3v) is 4.68. The SMILES string of the molecule is CCOc1ccc(NC2=NC(C)(CC)CS2)cc1OCC. The molecule has 1 aromatic rings. The zero-order valence-corrected chi connectivity index (χ0v) is 14.0. The van der Waals surface area contributed by atoms with Crippen molar-refractivity contribution >= 4 is 22.6 Å². The highest BCUT2D eigenvalue weighted by Gasteiger charge is 2.28. The van der Waals surface area contributed by atoms with Gasteiger partial charge in [-0.1, -0.05) is 18.7 Å². The highest BCUT2D eigenvalue weighted by molar-refractivity contribution is 8.14. The van der Waals surface area contributed by atoms with Crippen molar-refractivity contribution in [3.8, 4) is 11.5 Å². The zero-order valence-electron chi connectivity index (χ0n) is 13.2. The molecule has 4 nitrogen and oxygen atoms in total. The van der Waals surface area contributed by atoms with Crippen LogP contribution in [0.3, 0.4) is 0 Å². The van der Waals surface area contributed by atoms with Crippen LogP contribution in [-0.4, -0.2) is 29.7 Å². The molecule has 0 fully saturated rings. The fourth-order valence-corrected chi connectivity index (χ4v) is 3.22. The Labute approximate surface area is 131 Å². The molecule has 1 aliphatic rings. The Bertz CT molecular complexity index is 519. The molecule has 0 radical (unpaired) electrons. The third kappa shape index (κ3) is 4.06. The first-order valence-corrected chi connectivity index (χ1v) is 8.48. The fourth-order valence-electron chi connectivity index (χ4n) is 2.03. The minimum atomic E-state index is 0.0566. The van der Waals surface area contributed by atoms with Crippen LogP contribution in [0.4, 0.5) is 5.69 Å². The maximum absolute atomic E-state index is 5.65. The zero-order chi connectivity index (χ0) is 15.3. The molecule has 0 amide bonds. The molecule has 0 bridgehead atoms. The third-order valence-electron chi connectivity index (χ3n) is 3.45. The van der Waals surface area contributed by atoms with Crippen LogP contribution in [-0.2, 0) is 0 Å². The summed E-state index contributed by atoms with van der Waals surface area (Å²) in [5, 5.41) is 4.35. The van der Waals surface area contributed by atoms with Gasteiger partial charge >= 0.3 is 0 Å². The topological polar surface area (TPSA) is 42.8 Å². The number of nitrogens with one attached hydrogen (secondary N) is 1. The molecular weight excluding hydrogens is 284 g/mol. The second-order valence-corrected chi connectivity index (χ2v) is 6.17. The van der Waals surface area contributed by atoms with Crippen molar-refractivity contribution in [2.45, 2.75) is 39.7 Å². The van der Waals surface area contributed by atoms with Gasteiger partial charge in [-0.25, -0.2) is 0 Å². The first kappa shape index (κ1) is 16.0. The van der Waals surface area contributed by atoms with E-state index in [2.05, 4.69) is 19.2 Å². The van der Waals surface area contributed by atoms with Crippen molar-refractivity contribution in [3.05, 3.63) is 18.2 Å². The van der Waals surface area contributed by atoms with Crippen LogP contribution in [0.15, 0.2) is 23.2 Å². The minimum Gasteiger partial charge on any atom is -0.490 e. The van der Waals surface area contributed by atoms with Gasteiger partial charge in [-0.2, -0.15) is 0 Å². The number of aliphatic imine (C=N–C) groups is 1. The summed E-state index contributed by atoms with van der Waals surface area (Å²) in [4.78, 5) is 4.76. The largest absolute Gasteiger partial charge is 0.490 e. The smallest absolute Gasteiger partial charge is 0.163 e. The van der Waals surface area contributed by atoms with Crippen molar-refractivity contribution in [3.63, 3.8) is 0 Å². The van der Waals surface area contributed by atoms with Crippen LogP contribution in [0.1, 0.15) is 34.1 Å². The molecule has 1 aliphatic heterocycles. The van der Waals surface area contributed by atoms with Gasteiger partial charge in [-0.15, -0.1) is 0 Å². The van der Waals surface area contributed by atoms with Gasteiger partial charge in [0.1, 0.15) is 0 Å². The van der Waals surface area contributed by atoms with Crippen LogP contribution < -0.4 is 14.8 Å². The molecule has 2 rings (SSSR count). The molecule has 1 unspecified atom stereocenters. The predicted molar refractivity (Wildman–Crippen MR) is 91.0 cm³/mol. The Hall–Kier alpha value is -1.36. The molecular formula is C16H24N2O2S. The molecule has 0 spiro atoms. The van der Waals surface area contributed by atoms with Crippen LogP contribution in [0.5, 0.6) is 11.5 Å². The minimum absolute atomic E-state index is 0.0566. The lowest BCUT2D eigenvalue weighted by molar-refractivity contribution is 0.288. The molecule has 0 aromatic heterocycles. The van der Waals surface area contributed by atoms with E-state index in [0.29, 0.717) is 13.2 Å². The summed E-state index contributed by atoms with van der Waals surface area (Å²) in [5.74, 6) is 2.58. The summed E-state index contributed by atoms with van der Waals surface area (Å²) in [6.07, 6.45) is 1.05. The van der Waals surface area contributed by atoms with E-state index < -0.39 is 0 Å². The summed E-state index contributed by atoms with van der Waals surface area (Å²) < 4.78 is 11.2. The molecule has 21 heavy (non-hydrogen) atoms. The summed E-state index contributed by atoms with van der Waals surface area (Å²) in [6.45, 7) is 9.56. The lowest BCUT2D eigenvalue weighted by atomic mass is 10.0. The number of anilines is 1. The maximum atomic E-state index is 5.65. The van der Waals surface area contributed by atoms with E-state index in [1.165, 1.54) is 0 Å². The van der Waals surface area contributed by atoms with Crippen molar-refractivity contribution in [2.24, 2.45) is 4.99 Å². The molecule has 0 aliphatic carbocycles. The molecule has 1 N–H and O–H groups in total. The molecule has 1 atom stereocenters. The van der Waals surface area contributed by atoms with E-state index in [1.54, 1.807) is 11.8 Å². The molecule has 116 valence electrons. The van der Waals surface area contributed by atoms with Gasteiger partial charge in [0.25, 0.3) is 0 Å². The Morgan fingerprint density at radius 3 is 2.52 bits per heavy atom. The first-order valence-electron chi connectivity index (χ1n) is 7.49. The van der Waals surface area contributed by atoms with Gasteiger partial charge in [0.05, 0.1) is 18.8 Å². The van der Waals surface area contributed by atoms with Crippen LogP contribution in [0.25, 0.3) is 0 Å². The molecule has 0 saturated carbocycles. The number of thioether (sulfide) groups is 1. The van der Waals surface area contributed by atoms with Crippen LogP contribution in [0.2, 0.25) is 0 Å². The molecule has 1 heterocycles. The Morgan fingerprint density at radius 2 is 1.90 bits per heavy atom. The van der Waals surface area contributed by atoms with E-state index in [-0.39, 0.29) is 5.54 Å². The average molecular weight is 308 g/mol. The maximum Gasteiger partial charge on any atom is 0.163 e. The summed E-state index contributed by atoms with van der Waals surface area (Å²) in [6, 6.07) is 5.91.